The topological polar surface area (TPSA) is 35.4 Å². The first-order valence-corrected chi connectivity index (χ1v) is 19.9. The van der Waals surface area contributed by atoms with Gasteiger partial charge in [-0.15, -0.1) is 0 Å². The second-order valence-electron chi connectivity index (χ2n) is 13.7. The molecule has 0 spiro atoms. The van der Waals surface area contributed by atoms with E-state index >= 15 is 0 Å². The van der Waals surface area contributed by atoms with Crippen molar-refractivity contribution in [3.8, 4) is 0 Å². The highest BCUT2D eigenvalue weighted by Gasteiger charge is 2.30. The molecule has 0 unspecified atom stereocenters. The molecule has 1 heterocycles. The van der Waals surface area contributed by atoms with Crippen LogP contribution in [0.5, 0.6) is 0 Å². The van der Waals surface area contributed by atoms with Gasteiger partial charge in [0.1, 0.15) is 13.1 Å². The van der Waals surface area contributed by atoms with Gasteiger partial charge in [0.25, 0.3) is 11.7 Å². The zero-order chi connectivity index (χ0) is 31.1. The lowest BCUT2D eigenvalue weighted by atomic mass is 10.0. The molecule has 262 valence electrons. The molecule has 0 aromatic rings. The van der Waals surface area contributed by atoms with E-state index in [9.17, 15) is 4.79 Å². The van der Waals surface area contributed by atoms with E-state index in [0.717, 1.165) is 32.5 Å². The average Bonchev–Trinajstić information content (AvgIpc) is 3.40. The summed E-state index contributed by atoms with van der Waals surface area (Å²) < 4.78 is 2.47. The molecule has 0 aromatic heterocycles. The van der Waals surface area contributed by atoms with Crippen molar-refractivity contribution in [2.45, 2.75) is 220 Å². The molecular formula is C39H78ClN3O. The molecule has 1 aliphatic rings. The molecule has 1 N–H and O–H groups in total. The number of nitrogens with one attached hydrogen (secondary N) is 1. The molecule has 5 heteroatoms. The van der Waals surface area contributed by atoms with Crippen LogP contribution >= 0.6 is 0 Å². The molecular weight excluding hydrogens is 562 g/mol. The number of carbonyl (C=O) groups is 1. The number of hydrazine groups is 1. The van der Waals surface area contributed by atoms with Crippen molar-refractivity contribution in [2.24, 2.45) is 0 Å². The smallest absolute Gasteiger partial charge is 0.270 e. The van der Waals surface area contributed by atoms with Crippen LogP contribution in [-0.2, 0) is 4.79 Å². The standard InChI is InChI=1S/C39H77N3O.ClH/c1-4-7-9-11-13-15-17-19-20-21-23-25-27-29-31-33-35-39-41(6-3)36-37-42(39)40-38(43)34-32-30-28-26-24-22-18-16-14-12-10-8-5-2;/h4-37H2,1-3H3;1H. The summed E-state index contributed by atoms with van der Waals surface area (Å²) in [4.78, 5) is 12.7. The van der Waals surface area contributed by atoms with Crippen molar-refractivity contribution < 1.29 is 21.8 Å². The summed E-state index contributed by atoms with van der Waals surface area (Å²) in [6.45, 7) is 9.85. The summed E-state index contributed by atoms with van der Waals surface area (Å²) in [7, 11) is 0. The summed E-state index contributed by atoms with van der Waals surface area (Å²) in [6, 6.07) is 0. The minimum absolute atomic E-state index is 0. The number of rotatable bonds is 33. The van der Waals surface area contributed by atoms with Crippen molar-refractivity contribution in [3.05, 3.63) is 0 Å². The summed E-state index contributed by atoms with van der Waals surface area (Å²) in [5.41, 5.74) is 3.26. The molecule has 1 amide bonds. The maximum Gasteiger partial charge on any atom is 0.270 e. The first-order valence-electron chi connectivity index (χ1n) is 19.9. The number of likely N-dealkylation sites (N-methyl/N-ethyl adjacent to an activating group) is 1. The Morgan fingerprint density at radius 3 is 1.25 bits per heavy atom. The van der Waals surface area contributed by atoms with Gasteiger partial charge in [0.05, 0.1) is 13.0 Å². The summed E-state index contributed by atoms with van der Waals surface area (Å²) >= 11 is 0. The van der Waals surface area contributed by atoms with Crippen LogP contribution in [0, 0.1) is 0 Å². The first-order chi connectivity index (χ1) is 21.2. The lowest BCUT2D eigenvalue weighted by Crippen LogP contribution is -3.00. The first kappa shape index (κ1) is 43.2. The summed E-state index contributed by atoms with van der Waals surface area (Å²) in [5, 5.41) is 2.18. The van der Waals surface area contributed by atoms with Crippen LogP contribution in [0.15, 0.2) is 0 Å². The Kier molecular flexibility index (Phi) is 33.0. The van der Waals surface area contributed by atoms with Crippen LogP contribution in [0.2, 0.25) is 0 Å². The van der Waals surface area contributed by atoms with Crippen LogP contribution in [0.25, 0.3) is 0 Å². The molecule has 0 atom stereocenters. The molecule has 1 aliphatic heterocycles. The quantitative estimate of drug-likeness (QED) is 0.0575. The molecule has 1 rings (SSSR count). The third-order valence-electron chi connectivity index (χ3n) is 9.67. The zero-order valence-electron chi connectivity index (χ0n) is 30.2. The number of nitrogens with zero attached hydrogens (tertiary/aromatic N) is 2. The largest absolute Gasteiger partial charge is 1.00 e. The van der Waals surface area contributed by atoms with Gasteiger partial charge in [0, 0.05) is 6.42 Å². The highest BCUT2D eigenvalue weighted by Crippen LogP contribution is 2.16. The third kappa shape index (κ3) is 25.4. The lowest BCUT2D eigenvalue weighted by Gasteiger charge is -2.14. The van der Waals surface area contributed by atoms with E-state index in [1.54, 1.807) is 0 Å². The van der Waals surface area contributed by atoms with Crippen LogP contribution in [0.4, 0.5) is 0 Å². The monoisotopic (exact) mass is 640 g/mol. The van der Waals surface area contributed by atoms with Crippen LogP contribution in [0.1, 0.15) is 220 Å². The van der Waals surface area contributed by atoms with E-state index in [4.69, 9.17) is 0 Å². The van der Waals surface area contributed by atoms with Gasteiger partial charge in [0.15, 0.2) is 0 Å². The molecule has 0 saturated heterocycles. The third-order valence-corrected chi connectivity index (χ3v) is 9.67. The lowest BCUT2D eigenvalue weighted by molar-refractivity contribution is -0.515. The van der Waals surface area contributed by atoms with Crippen LogP contribution in [0.3, 0.4) is 0 Å². The number of amidine groups is 1. The minimum Gasteiger partial charge on any atom is -1.00 e. The van der Waals surface area contributed by atoms with Crippen molar-refractivity contribution in [3.63, 3.8) is 0 Å². The van der Waals surface area contributed by atoms with Gasteiger partial charge in [-0.1, -0.05) is 187 Å². The molecule has 0 saturated carbocycles. The summed E-state index contributed by atoms with van der Waals surface area (Å²) in [5.74, 6) is 1.57. The Labute approximate surface area is 282 Å². The van der Waals surface area contributed by atoms with Gasteiger partial charge in [-0.2, -0.15) is 10.4 Å². The second kappa shape index (κ2) is 33.6. The Morgan fingerprint density at radius 1 is 0.545 bits per heavy atom. The van der Waals surface area contributed by atoms with Crippen LogP contribution < -0.4 is 17.8 Å². The molecule has 0 bridgehead atoms. The number of hydrogen-bond acceptors (Lipinski definition) is 2. The van der Waals surface area contributed by atoms with Crippen LogP contribution in [-0.4, -0.2) is 41.0 Å². The Balaban J connectivity index is 0.0000185. The van der Waals surface area contributed by atoms with Gasteiger partial charge in [-0.3, -0.25) is 9.37 Å². The molecule has 44 heavy (non-hydrogen) atoms. The fourth-order valence-electron chi connectivity index (χ4n) is 6.74. The second-order valence-corrected chi connectivity index (χ2v) is 13.7. The van der Waals surface area contributed by atoms with Gasteiger partial charge in [-0.25, -0.2) is 0 Å². The molecule has 4 nitrogen and oxygen atoms in total. The van der Waals surface area contributed by atoms with Crippen molar-refractivity contribution >= 4 is 11.7 Å². The SMILES string of the molecule is CCCCCCCCCCCCCCCCCCC1=[N+](CC)CCN1NC(=O)CCCCCCCCCCCCCCC.[Cl-]. The van der Waals surface area contributed by atoms with Gasteiger partial charge in [0.2, 0.25) is 0 Å². The average molecular weight is 641 g/mol. The highest BCUT2D eigenvalue weighted by atomic mass is 35.5. The van der Waals surface area contributed by atoms with E-state index in [0.29, 0.717) is 6.42 Å². The number of unbranched alkanes of at least 4 members (excludes halogenated alkanes) is 27. The van der Waals surface area contributed by atoms with E-state index < -0.39 is 0 Å². The molecule has 0 aliphatic carbocycles. The molecule has 0 fully saturated rings. The van der Waals surface area contributed by atoms with Crippen molar-refractivity contribution in [1.29, 1.82) is 0 Å². The zero-order valence-corrected chi connectivity index (χ0v) is 31.0. The maximum atomic E-state index is 12.7. The van der Waals surface area contributed by atoms with E-state index in [1.807, 2.05) is 0 Å². The van der Waals surface area contributed by atoms with E-state index in [-0.39, 0.29) is 18.3 Å². The van der Waals surface area contributed by atoms with Crippen molar-refractivity contribution in [2.75, 3.05) is 19.6 Å². The predicted octanol–water partition coefficient (Wildman–Crippen LogP) is 8.90. The summed E-state index contributed by atoms with van der Waals surface area (Å²) in [6.07, 6.45) is 41.8. The fourth-order valence-corrected chi connectivity index (χ4v) is 6.74. The number of amides is 1. The Hall–Kier alpha value is -0.770. The van der Waals surface area contributed by atoms with Gasteiger partial charge < -0.3 is 12.4 Å². The fraction of sp³-hybridized carbons (Fsp3) is 0.949. The maximum absolute atomic E-state index is 12.7. The Morgan fingerprint density at radius 2 is 0.886 bits per heavy atom. The highest BCUT2D eigenvalue weighted by molar-refractivity contribution is 5.83. The number of carbonyl (C=O) groups excluding carboxylic acids is 1. The van der Waals surface area contributed by atoms with Crippen molar-refractivity contribution in [1.82, 2.24) is 10.4 Å². The molecule has 0 aromatic carbocycles. The van der Waals surface area contributed by atoms with E-state index in [2.05, 4.69) is 35.8 Å². The van der Waals surface area contributed by atoms with E-state index in [1.165, 1.54) is 186 Å². The number of hydrogen-bond donors (Lipinski definition) is 1. The normalized spacial score (nSPS) is 13.1. The number of halogens is 1. The predicted molar refractivity (Wildman–Crippen MR) is 190 cm³/mol. The molecule has 0 radical (unpaired) electrons. The van der Waals surface area contributed by atoms with Gasteiger partial charge >= 0.3 is 0 Å². The van der Waals surface area contributed by atoms with Gasteiger partial charge in [-0.05, 0) is 19.8 Å². The minimum atomic E-state index is 0. The Bertz CT molecular complexity index is 653.